The summed E-state index contributed by atoms with van der Waals surface area (Å²) in [4.78, 5) is 20.9. The predicted octanol–water partition coefficient (Wildman–Crippen LogP) is 4.40. The van der Waals surface area contributed by atoms with E-state index in [1.807, 2.05) is 4.90 Å². The van der Waals surface area contributed by atoms with Crippen molar-refractivity contribution in [3.63, 3.8) is 0 Å². The highest BCUT2D eigenvalue weighted by Gasteiger charge is 2.19. The molecule has 1 heterocycles. The number of guanidine groups is 1. The number of nitrogens with one attached hydrogen (secondary N) is 2. The molecule has 0 aliphatic carbocycles. The van der Waals surface area contributed by atoms with Gasteiger partial charge in [-0.2, -0.15) is 0 Å². The molecule has 7 heteroatoms. The molecule has 33 heavy (non-hydrogen) atoms. The molecule has 0 saturated carbocycles. The van der Waals surface area contributed by atoms with E-state index in [1.165, 1.54) is 16.8 Å². The van der Waals surface area contributed by atoms with Crippen LogP contribution in [0.4, 0.5) is 5.69 Å². The van der Waals surface area contributed by atoms with Crippen LogP contribution in [0.2, 0.25) is 0 Å². The van der Waals surface area contributed by atoms with E-state index >= 15 is 0 Å². The van der Waals surface area contributed by atoms with Crippen LogP contribution in [0.3, 0.4) is 0 Å². The highest BCUT2D eigenvalue weighted by molar-refractivity contribution is 14.0. The van der Waals surface area contributed by atoms with Crippen LogP contribution < -0.4 is 15.5 Å². The van der Waals surface area contributed by atoms with Gasteiger partial charge in [-0.25, -0.2) is 4.99 Å². The Morgan fingerprint density at radius 3 is 2.39 bits per heavy atom. The summed E-state index contributed by atoms with van der Waals surface area (Å²) >= 11 is 0. The second-order valence-corrected chi connectivity index (χ2v) is 8.13. The first kappa shape index (κ1) is 27.0. The van der Waals surface area contributed by atoms with Gasteiger partial charge >= 0.3 is 0 Å². The Balaban J connectivity index is 0.00000385. The summed E-state index contributed by atoms with van der Waals surface area (Å²) in [6.07, 6.45) is 2.71. The molecule has 0 unspecified atom stereocenters. The number of benzene rings is 2. The first-order chi connectivity index (χ1) is 15.7. The molecule has 0 bridgehead atoms. The molecule has 1 aliphatic heterocycles. The van der Waals surface area contributed by atoms with Crippen molar-refractivity contribution in [2.24, 2.45) is 4.99 Å². The zero-order valence-corrected chi connectivity index (χ0v) is 22.3. The summed E-state index contributed by atoms with van der Waals surface area (Å²) in [6.45, 7) is 10.2. The van der Waals surface area contributed by atoms with Crippen LogP contribution in [-0.2, 0) is 17.9 Å². The van der Waals surface area contributed by atoms with Gasteiger partial charge in [0.05, 0.1) is 6.54 Å². The Hall–Kier alpha value is -2.29. The van der Waals surface area contributed by atoms with E-state index in [-0.39, 0.29) is 29.9 Å². The molecule has 2 aromatic carbocycles. The number of likely N-dealkylation sites (tertiary alicyclic amines) is 1. The van der Waals surface area contributed by atoms with Crippen molar-refractivity contribution in [2.75, 3.05) is 37.6 Å². The highest BCUT2D eigenvalue weighted by atomic mass is 127. The third kappa shape index (κ3) is 8.87. The van der Waals surface area contributed by atoms with Gasteiger partial charge in [-0.3, -0.25) is 4.79 Å². The van der Waals surface area contributed by atoms with Crippen molar-refractivity contribution < 1.29 is 4.79 Å². The lowest BCUT2D eigenvalue weighted by Gasteiger charge is -2.23. The SMILES string of the molecule is CCNC(=NCc1ccc(CN2CCCC2=O)cc1)NCCCN(CC)c1ccccc1.I. The second-order valence-electron chi connectivity index (χ2n) is 8.13. The third-order valence-corrected chi connectivity index (χ3v) is 5.73. The number of halogens is 1. The summed E-state index contributed by atoms with van der Waals surface area (Å²) in [7, 11) is 0. The summed E-state index contributed by atoms with van der Waals surface area (Å²) in [5.41, 5.74) is 3.62. The number of carbonyl (C=O) groups is 1. The topological polar surface area (TPSA) is 60.0 Å². The molecule has 1 amide bonds. The van der Waals surface area contributed by atoms with E-state index in [0.29, 0.717) is 19.5 Å². The number of para-hydroxylation sites is 1. The Bertz CT molecular complexity index is 857. The molecule has 0 spiro atoms. The molecule has 1 fully saturated rings. The van der Waals surface area contributed by atoms with Crippen molar-refractivity contribution in [3.8, 4) is 0 Å². The van der Waals surface area contributed by atoms with Crippen LogP contribution in [0.1, 0.15) is 44.2 Å². The maximum absolute atomic E-state index is 11.8. The quantitative estimate of drug-likeness (QED) is 0.184. The van der Waals surface area contributed by atoms with Gasteiger partial charge in [0.15, 0.2) is 5.96 Å². The van der Waals surface area contributed by atoms with Crippen LogP contribution in [0.25, 0.3) is 0 Å². The van der Waals surface area contributed by atoms with Gasteiger partial charge in [0.2, 0.25) is 5.91 Å². The number of amides is 1. The summed E-state index contributed by atoms with van der Waals surface area (Å²) in [5.74, 6) is 1.12. The van der Waals surface area contributed by atoms with Crippen molar-refractivity contribution in [1.82, 2.24) is 15.5 Å². The minimum atomic E-state index is 0. The minimum Gasteiger partial charge on any atom is -0.372 e. The van der Waals surface area contributed by atoms with Gasteiger partial charge < -0.3 is 20.4 Å². The fourth-order valence-corrected chi connectivity index (χ4v) is 3.94. The largest absolute Gasteiger partial charge is 0.372 e. The predicted molar refractivity (Wildman–Crippen MR) is 148 cm³/mol. The summed E-state index contributed by atoms with van der Waals surface area (Å²) in [5, 5.41) is 6.79. The molecular weight excluding hydrogens is 525 g/mol. The zero-order valence-electron chi connectivity index (χ0n) is 19.9. The number of rotatable bonds is 11. The lowest BCUT2D eigenvalue weighted by Crippen LogP contribution is -2.38. The number of anilines is 1. The van der Waals surface area contributed by atoms with E-state index in [2.05, 4.69) is 84.0 Å². The monoisotopic (exact) mass is 563 g/mol. The Labute approximate surface area is 215 Å². The number of carbonyl (C=O) groups excluding carboxylic acids is 1. The van der Waals surface area contributed by atoms with Gasteiger partial charge in [-0.15, -0.1) is 24.0 Å². The molecule has 3 rings (SSSR count). The molecular formula is C26H38IN5O. The lowest BCUT2D eigenvalue weighted by atomic mass is 10.1. The first-order valence-corrected chi connectivity index (χ1v) is 11.9. The van der Waals surface area contributed by atoms with E-state index in [4.69, 9.17) is 4.99 Å². The molecule has 2 aromatic rings. The normalized spacial score (nSPS) is 13.6. The van der Waals surface area contributed by atoms with Crippen molar-refractivity contribution >= 4 is 41.5 Å². The molecule has 0 atom stereocenters. The molecule has 180 valence electrons. The lowest BCUT2D eigenvalue weighted by molar-refractivity contribution is -0.128. The van der Waals surface area contributed by atoms with Gasteiger partial charge in [0.1, 0.15) is 0 Å². The van der Waals surface area contributed by atoms with Crippen LogP contribution in [0.5, 0.6) is 0 Å². The summed E-state index contributed by atoms with van der Waals surface area (Å²) in [6, 6.07) is 19.0. The second kappa shape index (κ2) is 14.8. The molecule has 0 radical (unpaired) electrons. The van der Waals surface area contributed by atoms with Gasteiger partial charge in [0, 0.05) is 51.4 Å². The smallest absolute Gasteiger partial charge is 0.222 e. The van der Waals surface area contributed by atoms with Crippen LogP contribution in [0.15, 0.2) is 59.6 Å². The molecule has 1 saturated heterocycles. The average Bonchev–Trinajstić information content (AvgIpc) is 3.23. The molecule has 2 N–H and O–H groups in total. The number of aliphatic imine (C=N–C) groups is 1. The Kier molecular flexibility index (Phi) is 12.1. The van der Waals surface area contributed by atoms with Crippen molar-refractivity contribution in [2.45, 2.75) is 46.2 Å². The highest BCUT2D eigenvalue weighted by Crippen LogP contribution is 2.15. The van der Waals surface area contributed by atoms with E-state index < -0.39 is 0 Å². The van der Waals surface area contributed by atoms with Crippen molar-refractivity contribution in [3.05, 3.63) is 65.7 Å². The minimum absolute atomic E-state index is 0. The number of hydrogen-bond acceptors (Lipinski definition) is 3. The number of hydrogen-bond donors (Lipinski definition) is 2. The van der Waals surface area contributed by atoms with E-state index in [9.17, 15) is 4.79 Å². The molecule has 6 nitrogen and oxygen atoms in total. The fraction of sp³-hybridized carbons (Fsp3) is 0.462. The van der Waals surface area contributed by atoms with E-state index in [0.717, 1.165) is 51.5 Å². The standard InChI is InChI=1S/C26H37N5O.HI/c1-3-27-26(28-17-9-19-30(4-2)24-10-6-5-7-11-24)29-20-22-13-15-23(16-14-22)21-31-18-8-12-25(31)32;/h5-7,10-11,13-16H,3-4,8-9,12,17-21H2,1-2H3,(H2,27,28,29);1H. The summed E-state index contributed by atoms with van der Waals surface area (Å²) < 4.78 is 0. The Morgan fingerprint density at radius 2 is 1.76 bits per heavy atom. The van der Waals surface area contributed by atoms with Gasteiger partial charge in [-0.05, 0) is 49.9 Å². The molecule has 1 aliphatic rings. The number of nitrogens with zero attached hydrogens (tertiary/aromatic N) is 3. The fourth-order valence-electron chi connectivity index (χ4n) is 3.94. The van der Waals surface area contributed by atoms with Gasteiger partial charge in [0.25, 0.3) is 0 Å². The van der Waals surface area contributed by atoms with E-state index in [1.54, 1.807) is 0 Å². The Morgan fingerprint density at radius 1 is 1.03 bits per heavy atom. The maximum Gasteiger partial charge on any atom is 0.222 e. The van der Waals surface area contributed by atoms with Crippen molar-refractivity contribution in [1.29, 1.82) is 0 Å². The molecule has 0 aromatic heterocycles. The average molecular weight is 564 g/mol. The van der Waals surface area contributed by atoms with Crippen LogP contribution >= 0.6 is 24.0 Å². The zero-order chi connectivity index (χ0) is 22.6. The maximum atomic E-state index is 11.8. The van der Waals surface area contributed by atoms with Gasteiger partial charge in [-0.1, -0.05) is 42.5 Å². The van der Waals surface area contributed by atoms with Crippen LogP contribution in [0, 0.1) is 0 Å². The first-order valence-electron chi connectivity index (χ1n) is 11.9. The third-order valence-electron chi connectivity index (χ3n) is 5.73. The van der Waals surface area contributed by atoms with Crippen LogP contribution in [-0.4, -0.2) is 49.5 Å².